The maximum atomic E-state index is 11.7. The van der Waals surface area contributed by atoms with Gasteiger partial charge < -0.3 is 10.1 Å². The molecule has 0 saturated carbocycles. The smallest absolute Gasteiger partial charge is 0.269 e. The van der Waals surface area contributed by atoms with Crippen LogP contribution in [0.1, 0.15) is 29.1 Å². The van der Waals surface area contributed by atoms with Crippen LogP contribution in [0.25, 0.3) is 0 Å². The first-order valence-corrected chi connectivity index (χ1v) is 6.43. The molecule has 6 nitrogen and oxygen atoms in total. The highest BCUT2D eigenvalue weighted by molar-refractivity contribution is 5.93. The number of fused-ring (bicyclic) bond motifs is 1. The number of hydrogen-bond acceptors (Lipinski definition) is 4. The SMILES string of the molecule is CC(c1cc2n(n1)CCNC2=O)N1CCOCC1. The molecule has 0 aliphatic carbocycles. The summed E-state index contributed by atoms with van der Waals surface area (Å²) in [7, 11) is 0. The molecule has 1 fully saturated rings. The average Bonchev–Trinajstić information content (AvgIpc) is 2.84. The van der Waals surface area contributed by atoms with Crippen LogP contribution in [-0.4, -0.2) is 53.4 Å². The minimum atomic E-state index is -0.0193. The molecule has 98 valence electrons. The molecule has 2 aliphatic heterocycles. The van der Waals surface area contributed by atoms with Crippen LogP contribution in [0, 0.1) is 0 Å². The Hall–Kier alpha value is -1.40. The van der Waals surface area contributed by atoms with Gasteiger partial charge in [0.2, 0.25) is 0 Å². The Morgan fingerprint density at radius 1 is 1.39 bits per heavy atom. The van der Waals surface area contributed by atoms with Crippen LogP contribution in [0.4, 0.5) is 0 Å². The lowest BCUT2D eigenvalue weighted by Crippen LogP contribution is -2.38. The number of rotatable bonds is 2. The number of amides is 1. The summed E-state index contributed by atoms with van der Waals surface area (Å²) in [6.07, 6.45) is 0. The number of carbonyl (C=O) groups excluding carboxylic acids is 1. The lowest BCUT2D eigenvalue weighted by molar-refractivity contribution is 0.0189. The van der Waals surface area contributed by atoms with Crippen molar-refractivity contribution < 1.29 is 9.53 Å². The summed E-state index contributed by atoms with van der Waals surface area (Å²) in [6.45, 7) is 6.97. The van der Waals surface area contributed by atoms with Crippen molar-refractivity contribution in [3.05, 3.63) is 17.5 Å². The molecule has 18 heavy (non-hydrogen) atoms. The molecule has 0 bridgehead atoms. The standard InChI is InChI=1S/C12H18N4O2/c1-9(15-4-6-18-7-5-15)10-8-11-12(17)13-2-3-16(11)14-10/h8-9H,2-7H2,1H3,(H,13,17). The zero-order chi connectivity index (χ0) is 12.5. The van der Waals surface area contributed by atoms with E-state index in [0.29, 0.717) is 12.2 Å². The number of nitrogens with zero attached hydrogens (tertiary/aromatic N) is 3. The fourth-order valence-corrected chi connectivity index (χ4v) is 2.51. The molecule has 1 aromatic heterocycles. The van der Waals surface area contributed by atoms with Gasteiger partial charge in [0.15, 0.2) is 0 Å². The van der Waals surface area contributed by atoms with Crippen molar-refractivity contribution in [2.24, 2.45) is 0 Å². The molecule has 1 atom stereocenters. The predicted octanol–water partition coefficient (Wildman–Crippen LogP) is 0.0197. The zero-order valence-electron chi connectivity index (χ0n) is 10.6. The van der Waals surface area contributed by atoms with Gasteiger partial charge in [-0.2, -0.15) is 5.10 Å². The van der Waals surface area contributed by atoms with Crippen molar-refractivity contribution >= 4 is 5.91 Å². The highest BCUT2D eigenvalue weighted by atomic mass is 16.5. The third-order valence-corrected chi connectivity index (χ3v) is 3.66. The van der Waals surface area contributed by atoms with Gasteiger partial charge in [-0.05, 0) is 13.0 Å². The summed E-state index contributed by atoms with van der Waals surface area (Å²) >= 11 is 0. The quantitative estimate of drug-likeness (QED) is 0.804. The van der Waals surface area contributed by atoms with Crippen LogP contribution >= 0.6 is 0 Å². The van der Waals surface area contributed by atoms with E-state index in [0.717, 1.165) is 38.5 Å². The molecule has 3 rings (SSSR count). The highest BCUT2D eigenvalue weighted by Crippen LogP contribution is 2.21. The van der Waals surface area contributed by atoms with Gasteiger partial charge >= 0.3 is 0 Å². The number of nitrogens with one attached hydrogen (secondary N) is 1. The van der Waals surface area contributed by atoms with E-state index in [2.05, 4.69) is 22.2 Å². The normalized spacial score (nSPS) is 22.4. The number of carbonyl (C=O) groups is 1. The Morgan fingerprint density at radius 2 is 2.17 bits per heavy atom. The maximum Gasteiger partial charge on any atom is 0.269 e. The van der Waals surface area contributed by atoms with E-state index in [4.69, 9.17) is 4.74 Å². The minimum Gasteiger partial charge on any atom is -0.379 e. The molecule has 1 amide bonds. The molecule has 0 spiro atoms. The summed E-state index contributed by atoms with van der Waals surface area (Å²) in [4.78, 5) is 14.0. The Bertz CT molecular complexity index is 451. The van der Waals surface area contributed by atoms with Gasteiger partial charge in [-0.1, -0.05) is 0 Å². The number of hydrogen-bond donors (Lipinski definition) is 1. The van der Waals surface area contributed by atoms with Gasteiger partial charge in [0.1, 0.15) is 5.69 Å². The van der Waals surface area contributed by atoms with E-state index in [1.807, 2.05) is 10.7 Å². The summed E-state index contributed by atoms with van der Waals surface area (Å²) in [5.74, 6) is -0.0193. The molecule has 2 aliphatic rings. The van der Waals surface area contributed by atoms with E-state index in [1.165, 1.54) is 0 Å². The molecule has 0 radical (unpaired) electrons. The van der Waals surface area contributed by atoms with Crippen LogP contribution in [0.15, 0.2) is 6.07 Å². The first kappa shape index (κ1) is 11.7. The molecule has 1 unspecified atom stereocenters. The Morgan fingerprint density at radius 3 is 2.89 bits per heavy atom. The van der Waals surface area contributed by atoms with Crippen molar-refractivity contribution in [2.45, 2.75) is 19.5 Å². The zero-order valence-corrected chi connectivity index (χ0v) is 10.6. The summed E-state index contributed by atoms with van der Waals surface area (Å²) in [5.41, 5.74) is 1.65. The molecular formula is C12H18N4O2. The van der Waals surface area contributed by atoms with Crippen LogP contribution in [0.2, 0.25) is 0 Å². The molecular weight excluding hydrogens is 232 g/mol. The predicted molar refractivity (Wildman–Crippen MR) is 65.4 cm³/mol. The van der Waals surface area contributed by atoms with E-state index in [-0.39, 0.29) is 11.9 Å². The second kappa shape index (κ2) is 4.70. The first-order valence-electron chi connectivity index (χ1n) is 6.43. The van der Waals surface area contributed by atoms with Crippen molar-refractivity contribution in [2.75, 3.05) is 32.8 Å². The van der Waals surface area contributed by atoms with Gasteiger partial charge in [-0.15, -0.1) is 0 Å². The molecule has 1 saturated heterocycles. The molecule has 1 aromatic rings. The van der Waals surface area contributed by atoms with Crippen LogP contribution in [0.3, 0.4) is 0 Å². The minimum absolute atomic E-state index is 0.0193. The summed E-state index contributed by atoms with van der Waals surface area (Å²) in [6, 6.07) is 2.15. The Balaban J connectivity index is 1.81. The van der Waals surface area contributed by atoms with Gasteiger partial charge in [0, 0.05) is 19.6 Å². The largest absolute Gasteiger partial charge is 0.379 e. The van der Waals surface area contributed by atoms with Gasteiger partial charge in [0.25, 0.3) is 5.91 Å². The van der Waals surface area contributed by atoms with Gasteiger partial charge in [0.05, 0.1) is 31.5 Å². The Labute approximate surface area is 106 Å². The third kappa shape index (κ3) is 2.02. The number of ether oxygens (including phenoxy) is 1. The summed E-state index contributed by atoms with van der Waals surface area (Å²) < 4.78 is 7.16. The monoisotopic (exact) mass is 250 g/mol. The molecule has 6 heteroatoms. The van der Waals surface area contributed by atoms with Gasteiger partial charge in [-0.25, -0.2) is 0 Å². The topological polar surface area (TPSA) is 59.4 Å². The second-order valence-electron chi connectivity index (χ2n) is 4.76. The van der Waals surface area contributed by atoms with Crippen LogP contribution in [-0.2, 0) is 11.3 Å². The van der Waals surface area contributed by atoms with Crippen molar-refractivity contribution in [1.82, 2.24) is 20.0 Å². The maximum absolute atomic E-state index is 11.7. The Kier molecular flexibility index (Phi) is 3.05. The lowest BCUT2D eigenvalue weighted by atomic mass is 10.1. The van der Waals surface area contributed by atoms with E-state index in [1.54, 1.807) is 0 Å². The van der Waals surface area contributed by atoms with E-state index >= 15 is 0 Å². The van der Waals surface area contributed by atoms with Crippen molar-refractivity contribution in [3.8, 4) is 0 Å². The van der Waals surface area contributed by atoms with Crippen molar-refractivity contribution in [1.29, 1.82) is 0 Å². The summed E-state index contributed by atoms with van der Waals surface area (Å²) in [5, 5.41) is 7.39. The number of aromatic nitrogens is 2. The average molecular weight is 250 g/mol. The second-order valence-corrected chi connectivity index (χ2v) is 4.76. The number of morpholine rings is 1. The molecule has 3 heterocycles. The van der Waals surface area contributed by atoms with E-state index in [9.17, 15) is 4.79 Å². The van der Waals surface area contributed by atoms with Crippen LogP contribution in [0.5, 0.6) is 0 Å². The van der Waals surface area contributed by atoms with Crippen LogP contribution < -0.4 is 5.32 Å². The molecule has 1 N–H and O–H groups in total. The van der Waals surface area contributed by atoms with Gasteiger partial charge in [-0.3, -0.25) is 14.4 Å². The third-order valence-electron chi connectivity index (χ3n) is 3.66. The fraction of sp³-hybridized carbons (Fsp3) is 0.667. The first-order chi connectivity index (χ1) is 8.75. The fourth-order valence-electron chi connectivity index (χ4n) is 2.51. The van der Waals surface area contributed by atoms with E-state index < -0.39 is 0 Å². The highest BCUT2D eigenvalue weighted by Gasteiger charge is 2.25. The molecule has 0 aromatic carbocycles. The van der Waals surface area contributed by atoms with Crippen molar-refractivity contribution in [3.63, 3.8) is 0 Å². The lowest BCUT2D eigenvalue weighted by Gasteiger charge is -2.31.